The van der Waals surface area contributed by atoms with E-state index in [4.69, 9.17) is 9.47 Å². The van der Waals surface area contributed by atoms with Crippen LogP contribution in [0.4, 0.5) is 5.82 Å². The molecule has 3 heterocycles. The monoisotopic (exact) mass is 467 g/mol. The maximum atomic E-state index is 11.3. The first-order chi connectivity index (χ1) is 16.3. The Morgan fingerprint density at radius 1 is 1.24 bits per heavy atom. The zero-order valence-electron chi connectivity index (χ0n) is 19.8. The summed E-state index contributed by atoms with van der Waals surface area (Å²) in [6.07, 6.45) is 4.42. The highest BCUT2D eigenvalue weighted by molar-refractivity contribution is 5.70. The normalized spacial score (nSPS) is 17.9. The summed E-state index contributed by atoms with van der Waals surface area (Å²) in [5, 5.41) is 17.7. The van der Waals surface area contributed by atoms with E-state index in [9.17, 15) is 9.90 Å². The van der Waals surface area contributed by atoms with Crippen molar-refractivity contribution in [2.45, 2.75) is 45.3 Å². The van der Waals surface area contributed by atoms with E-state index < -0.39 is 5.97 Å². The van der Waals surface area contributed by atoms with Crippen molar-refractivity contribution >= 4 is 11.8 Å². The first-order valence-corrected chi connectivity index (χ1v) is 11.2. The quantitative estimate of drug-likeness (QED) is 0.528. The van der Waals surface area contributed by atoms with Crippen molar-refractivity contribution in [3.63, 3.8) is 0 Å². The number of carboxylic acid groups (broad SMARTS) is 1. The summed E-state index contributed by atoms with van der Waals surface area (Å²) in [5.41, 5.74) is 2.68. The summed E-state index contributed by atoms with van der Waals surface area (Å²) in [4.78, 5) is 26.4. The van der Waals surface area contributed by atoms with Crippen molar-refractivity contribution in [3.8, 4) is 23.1 Å². The van der Waals surface area contributed by atoms with Gasteiger partial charge in [0, 0.05) is 27.3 Å². The van der Waals surface area contributed by atoms with Crippen LogP contribution in [0.5, 0.6) is 11.8 Å². The smallest absolute Gasteiger partial charge is 0.318 e. The molecule has 34 heavy (non-hydrogen) atoms. The number of rotatable bonds is 8. The van der Waals surface area contributed by atoms with Gasteiger partial charge >= 0.3 is 12.0 Å². The molecule has 1 aliphatic carbocycles. The van der Waals surface area contributed by atoms with E-state index >= 15 is 0 Å². The summed E-state index contributed by atoms with van der Waals surface area (Å²) in [6, 6.07) is 5.75. The van der Waals surface area contributed by atoms with Crippen molar-refractivity contribution in [1.82, 2.24) is 29.9 Å². The Kier molecular flexibility index (Phi) is 6.90. The summed E-state index contributed by atoms with van der Waals surface area (Å²) in [7, 11) is 5.59. The van der Waals surface area contributed by atoms with Crippen LogP contribution in [-0.4, -0.2) is 61.2 Å². The van der Waals surface area contributed by atoms with Gasteiger partial charge in [0.2, 0.25) is 0 Å². The average molecular weight is 468 g/mol. The second kappa shape index (κ2) is 10.0. The van der Waals surface area contributed by atoms with Crippen LogP contribution in [0, 0.1) is 12.8 Å². The van der Waals surface area contributed by atoms with Gasteiger partial charge < -0.3 is 19.5 Å². The molecular formula is C23H29N7O4. The maximum Gasteiger partial charge on any atom is 0.318 e. The number of anilines is 1. The lowest BCUT2D eigenvalue weighted by molar-refractivity contribution is -0.143. The second-order valence-electron chi connectivity index (χ2n) is 8.61. The molecule has 11 nitrogen and oxygen atoms in total. The molecule has 0 spiro atoms. The number of pyridine rings is 1. The molecule has 0 bridgehead atoms. The third-order valence-electron chi connectivity index (χ3n) is 5.91. The fourth-order valence-electron chi connectivity index (χ4n) is 3.98. The molecule has 1 fully saturated rings. The van der Waals surface area contributed by atoms with Gasteiger partial charge in [0.1, 0.15) is 29.6 Å². The maximum absolute atomic E-state index is 11.3. The number of aryl methyl sites for hydroxylation is 2. The SMILES string of the molecule is Cc1nc(-c2nnn(C)c2COc2nccc(N(C)C)n2)ccc1O[C@H]1CCC[C@H](C(=O)O)C1. The molecule has 180 valence electrons. The molecule has 2 atom stereocenters. The number of hydrogen-bond acceptors (Lipinski definition) is 9. The Labute approximate surface area is 197 Å². The molecule has 0 aromatic carbocycles. The highest BCUT2D eigenvalue weighted by atomic mass is 16.5. The molecule has 3 aromatic heterocycles. The number of carboxylic acids is 1. The Morgan fingerprint density at radius 2 is 2.06 bits per heavy atom. The molecular weight excluding hydrogens is 438 g/mol. The van der Waals surface area contributed by atoms with Gasteiger partial charge in [-0.25, -0.2) is 14.6 Å². The highest BCUT2D eigenvalue weighted by Crippen LogP contribution is 2.30. The Balaban J connectivity index is 1.48. The Bertz CT molecular complexity index is 1160. The van der Waals surface area contributed by atoms with Gasteiger partial charge in [-0.1, -0.05) is 5.21 Å². The van der Waals surface area contributed by atoms with Crippen LogP contribution in [0.1, 0.15) is 37.1 Å². The summed E-state index contributed by atoms with van der Waals surface area (Å²) < 4.78 is 13.6. The minimum atomic E-state index is -0.755. The third-order valence-corrected chi connectivity index (χ3v) is 5.91. The van der Waals surface area contributed by atoms with Crippen molar-refractivity contribution in [2.75, 3.05) is 19.0 Å². The molecule has 0 radical (unpaired) electrons. The first kappa shape index (κ1) is 23.4. The third kappa shape index (κ3) is 5.24. The molecule has 0 amide bonds. The minimum Gasteiger partial charge on any atom is -0.489 e. The number of aromatic nitrogens is 6. The van der Waals surface area contributed by atoms with Gasteiger partial charge in [-0.2, -0.15) is 4.98 Å². The van der Waals surface area contributed by atoms with E-state index in [0.29, 0.717) is 35.7 Å². The summed E-state index contributed by atoms with van der Waals surface area (Å²) >= 11 is 0. The van der Waals surface area contributed by atoms with Crippen LogP contribution in [0.3, 0.4) is 0 Å². The van der Waals surface area contributed by atoms with Gasteiger partial charge in [-0.15, -0.1) is 5.10 Å². The Morgan fingerprint density at radius 3 is 2.79 bits per heavy atom. The molecule has 1 aliphatic rings. The van der Waals surface area contributed by atoms with E-state index in [1.54, 1.807) is 24.0 Å². The van der Waals surface area contributed by atoms with E-state index in [1.807, 2.05) is 38.1 Å². The lowest BCUT2D eigenvalue weighted by Crippen LogP contribution is -2.29. The van der Waals surface area contributed by atoms with Crippen LogP contribution in [-0.2, 0) is 18.4 Å². The fourth-order valence-corrected chi connectivity index (χ4v) is 3.98. The predicted molar refractivity (Wildman–Crippen MR) is 124 cm³/mol. The minimum absolute atomic E-state index is 0.125. The number of hydrogen-bond donors (Lipinski definition) is 1. The van der Waals surface area contributed by atoms with Gasteiger partial charge in [-0.05, 0) is 50.8 Å². The lowest BCUT2D eigenvalue weighted by atomic mass is 9.87. The van der Waals surface area contributed by atoms with Gasteiger partial charge in [0.05, 0.1) is 23.4 Å². The van der Waals surface area contributed by atoms with E-state index in [2.05, 4.69) is 25.3 Å². The molecule has 0 saturated heterocycles. The number of ether oxygens (including phenoxy) is 2. The van der Waals surface area contributed by atoms with Crippen LogP contribution in [0.25, 0.3) is 11.4 Å². The molecule has 1 N–H and O–H groups in total. The van der Waals surface area contributed by atoms with Crippen molar-refractivity contribution in [1.29, 1.82) is 0 Å². The second-order valence-corrected chi connectivity index (χ2v) is 8.61. The van der Waals surface area contributed by atoms with Gasteiger partial charge in [0.15, 0.2) is 0 Å². The molecule has 11 heteroatoms. The molecule has 0 aliphatic heterocycles. The van der Waals surface area contributed by atoms with Crippen molar-refractivity contribution < 1.29 is 19.4 Å². The lowest BCUT2D eigenvalue weighted by Gasteiger charge is -2.27. The van der Waals surface area contributed by atoms with Crippen LogP contribution >= 0.6 is 0 Å². The Hall–Kier alpha value is -3.76. The first-order valence-electron chi connectivity index (χ1n) is 11.2. The topological polar surface area (TPSA) is 128 Å². The standard InChI is InChI=1S/C23H29N7O4/c1-14-19(34-16-7-5-6-15(12-16)22(31)32)9-8-17(25-14)21-18(30(4)28-27-21)13-33-23-24-11-10-20(26-23)29(2)3/h8-11,15-16H,5-7,12-13H2,1-4H3,(H,31,32)/t15-,16-/m0/s1. The largest absolute Gasteiger partial charge is 0.489 e. The van der Waals surface area contributed by atoms with E-state index in [-0.39, 0.29) is 24.6 Å². The summed E-state index contributed by atoms with van der Waals surface area (Å²) in [6.45, 7) is 2.04. The molecule has 1 saturated carbocycles. The van der Waals surface area contributed by atoms with Gasteiger partial charge in [-0.3, -0.25) is 4.79 Å². The fraction of sp³-hybridized carbons (Fsp3) is 0.478. The molecule has 4 rings (SSSR count). The zero-order chi connectivity index (χ0) is 24.2. The van der Waals surface area contributed by atoms with Crippen molar-refractivity contribution in [2.24, 2.45) is 13.0 Å². The number of aliphatic carboxylic acids is 1. The van der Waals surface area contributed by atoms with Crippen LogP contribution in [0.15, 0.2) is 24.4 Å². The summed E-state index contributed by atoms with van der Waals surface area (Å²) in [5.74, 6) is 0.287. The van der Waals surface area contributed by atoms with Crippen LogP contribution in [0.2, 0.25) is 0 Å². The van der Waals surface area contributed by atoms with E-state index in [1.165, 1.54) is 0 Å². The number of carbonyl (C=O) groups is 1. The van der Waals surface area contributed by atoms with E-state index in [0.717, 1.165) is 24.4 Å². The average Bonchev–Trinajstić information content (AvgIpc) is 3.19. The molecule has 3 aromatic rings. The van der Waals surface area contributed by atoms with Crippen molar-refractivity contribution in [3.05, 3.63) is 35.8 Å². The number of nitrogens with zero attached hydrogens (tertiary/aromatic N) is 7. The predicted octanol–water partition coefficient (Wildman–Crippen LogP) is 2.64. The van der Waals surface area contributed by atoms with Crippen LogP contribution < -0.4 is 14.4 Å². The van der Waals surface area contributed by atoms with Gasteiger partial charge in [0.25, 0.3) is 0 Å². The highest BCUT2D eigenvalue weighted by Gasteiger charge is 2.28. The zero-order valence-corrected chi connectivity index (χ0v) is 19.8. The molecule has 0 unspecified atom stereocenters.